The molecule has 4 aromatic heterocycles. The fraction of sp³-hybridized carbons (Fsp3) is 0.136. The molecule has 2 N–H and O–H groups in total. The van der Waals surface area contributed by atoms with Crippen LogP contribution in [0.15, 0.2) is 162 Å². The second kappa shape index (κ2) is 18.3. The summed E-state index contributed by atoms with van der Waals surface area (Å²) in [5, 5.41) is 37.8. The molecule has 63 heavy (non-hydrogen) atoms. The predicted molar refractivity (Wildman–Crippen MR) is 249 cm³/mol. The molecule has 0 amide bonds. The molecule has 0 bridgehead atoms. The molecular weight excluding hydrogens is 853 g/mol. The van der Waals surface area contributed by atoms with Gasteiger partial charge in [-0.3, -0.25) is 10.9 Å². The van der Waals surface area contributed by atoms with Gasteiger partial charge in [0.05, 0.1) is 79.1 Å². The van der Waals surface area contributed by atoms with E-state index in [9.17, 15) is 8.42 Å². The lowest BCUT2D eigenvalue weighted by atomic mass is 10.2. The van der Waals surface area contributed by atoms with Gasteiger partial charge in [-0.05, 0) is 114 Å². The Hall–Kier alpha value is -7.35. The number of rotatable bonds is 14. The fourth-order valence-corrected chi connectivity index (χ4v) is 9.08. The zero-order chi connectivity index (χ0) is 44.1. The van der Waals surface area contributed by atoms with E-state index in [1.807, 2.05) is 112 Å². The third kappa shape index (κ3) is 9.44. The number of nitrogens with zero attached hydrogens (tertiary/aromatic N) is 12. The lowest BCUT2D eigenvalue weighted by Crippen LogP contribution is -2.03. The monoisotopic (exact) mass is 892 g/mol. The van der Waals surface area contributed by atoms with Crippen molar-refractivity contribution in [1.29, 1.82) is 0 Å². The van der Waals surface area contributed by atoms with Gasteiger partial charge in [-0.1, -0.05) is 59.1 Å². The summed E-state index contributed by atoms with van der Waals surface area (Å²) in [5.41, 5.74) is 15.6. The fourth-order valence-electron chi connectivity index (χ4n) is 6.36. The highest BCUT2D eigenvalue weighted by atomic mass is 32.2. The Morgan fingerprint density at radius 3 is 1.30 bits per heavy atom. The van der Waals surface area contributed by atoms with Crippen LogP contribution in [0, 0.1) is 27.7 Å². The summed E-state index contributed by atoms with van der Waals surface area (Å²) in [7, 11) is -3.82. The van der Waals surface area contributed by atoms with E-state index in [0.717, 1.165) is 45.3 Å². The first kappa shape index (κ1) is 42.3. The Kier molecular flexibility index (Phi) is 12.3. The van der Waals surface area contributed by atoms with E-state index in [1.54, 1.807) is 36.7 Å². The van der Waals surface area contributed by atoms with Gasteiger partial charge in [0.2, 0.25) is 20.1 Å². The van der Waals surface area contributed by atoms with Gasteiger partial charge in [-0.15, -0.1) is 20.5 Å². The first-order valence-corrected chi connectivity index (χ1v) is 22.6. The molecule has 4 heterocycles. The van der Waals surface area contributed by atoms with Crippen molar-refractivity contribution in [3.63, 3.8) is 0 Å². The number of nitrogens with one attached hydrogen (secondary N) is 2. The van der Waals surface area contributed by atoms with Crippen molar-refractivity contribution in [2.75, 3.05) is 10.9 Å². The van der Waals surface area contributed by atoms with Crippen LogP contribution in [0.5, 0.6) is 0 Å². The van der Waals surface area contributed by atoms with Gasteiger partial charge in [-0.25, -0.2) is 27.7 Å². The number of hydrogen-bond acceptors (Lipinski definition) is 16. The van der Waals surface area contributed by atoms with E-state index in [4.69, 9.17) is 0 Å². The average Bonchev–Trinajstić information content (AvgIpc) is 4.08. The van der Waals surface area contributed by atoms with Gasteiger partial charge >= 0.3 is 0 Å². The topological polar surface area (TPSA) is 194 Å². The predicted octanol–water partition coefficient (Wildman–Crippen LogP) is 11.5. The van der Waals surface area contributed by atoms with Crippen molar-refractivity contribution in [1.82, 2.24) is 29.5 Å². The molecule has 316 valence electrons. The van der Waals surface area contributed by atoms with Crippen LogP contribution in [0.4, 0.5) is 31.6 Å². The number of benzene rings is 4. The molecule has 0 unspecified atom stereocenters. The minimum Gasteiger partial charge on any atom is -0.252 e. The molecule has 0 aliphatic rings. The molecule has 19 heteroatoms. The zero-order valence-electron chi connectivity index (χ0n) is 35.0. The average molecular weight is 893 g/mol. The minimum atomic E-state index is -3.82. The van der Waals surface area contributed by atoms with Crippen molar-refractivity contribution in [2.24, 2.45) is 30.7 Å². The number of hydrazone groups is 2. The lowest BCUT2D eigenvalue weighted by molar-refractivity contribution is 0.596. The highest BCUT2D eigenvalue weighted by Crippen LogP contribution is 2.34. The quantitative estimate of drug-likeness (QED) is 0.0611. The van der Waals surface area contributed by atoms with E-state index >= 15 is 0 Å². The maximum absolute atomic E-state index is 13.5. The molecule has 0 fully saturated rings. The number of aryl methyl sites for hydroxylation is 2. The summed E-state index contributed by atoms with van der Waals surface area (Å²) >= 11 is 2.60. The van der Waals surface area contributed by atoms with E-state index in [2.05, 4.69) is 61.7 Å². The van der Waals surface area contributed by atoms with E-state index in [1.165, 1.54) is 46.9 Å². The Bertz CT molecular complexity index is 2920. The Labute approximate surface area is 371 Å². The molecule has 8 aromatic rings. The third-order valence-corrected chi connectivity index (χ3v) is 13.5. The van der Waals surface area contributed by atoms with Crippen LogP contribution in [0.2, 0.25) is 0 Å². The molecule has 8 rings (SSSR count). The molecule has 4 aromatic carbocycles. The summed E-state index contributed by atoms with van der Waals surface area (Å²) in [6.07, 6.45) is 3.58. The summed E-state index contributed by atoms with van der Waals surface area (Å²) in [6.45, 7) is 11.5. The first-order valence-electron chi connectivity index (χ1n) is 19.5. The highest BCUT2D eigenvalue weighted by Gasteiger charge is 2.18. The summed E-state index contributed by atoms with van der Waals surface area (Å²) in [5.74, 6) is 0. The third-order valence-electron chi connectivity index (χ3n) is 9.79. The zero-order valence-corrected chi connectivity index (χ0v) is 37.4. The number of azo groups is 2. The van der Waals surface area contributed by atoms with Crippen LogP contribution in [0.3, 0.4) is 0 Å². The van der Waals surface area contributed by atoms with Crippen LogP contribution in [0.25, 0.3) is 11.4 Å². The van der Waals surface area contributed by atoms with Crippen LogP contribution >= 0.6 is 22.7 Å². The second-order valence-corrected chi connectivity index (χ2v) is 18.0. The van der Waals surface area contributed by atoms with Crippen LogP contribution in [-0.4, -0.2) is 49.4 Å². The Balaban J connectivity index is 0.864. The SMILES string of the molecule is C/C(=N\Nc1nc(C)c(N=Nc2ccc(S(=O)(=O)c3ccc(N=Nc4sc(N/N=C(\C)c5cnn(-c6ccccc6)c5C)nc4C)cc3)cc2)s1)c1cnn(-c2ccccc2)c1C. The van der Waals surface area contributed by atoms with E-state index in [-0.39, 0.29) is 9.79 Å². The molecule has 0 radical (unpaired) electrons. The molecular formula is C44H40N14O2S3. The highest BCUT2D eigenvalue weighted by molar-refractivity contribution is 7.91. The second-order valence-electron chi connectivity index (χ2n) is 14.1. The van der Waals surface area contributed by atoms with Crippen LogP contribution in [-0.2, 0) is 9.84 Å². The van der Waals surface area contributed by atoms with Crippen molar-refractivity contribution in [2.45, 2.75) is 51.3 Å². The maximum Gasteiger partial charge on any atom is 0.206 e. The van der Waals surface area contributed by atoms with Crippen molar-refractivity contribution < 1.29 is 8.42 Å². The first-order chi connectivity index (χ1) is 30.4. The molecule has 0 spiro atoms. The van der Waals surface area contributed by atoms with Crippen molar-refractivity contribution in [3.8, 4) is 11.4 Å². The van der Waals surface area contributed by atoms with Crippen molar-refractivity contribution >= 4 is 75.6 Å². The largest absolute Gasteiger partial charge is 0.252 e. The molecule has 0 aliphatic heterocycles. The van der Waals surface area contributed by atoms with Crippen molar-refractivity contribution in [3.05, 3.63) is 155 Å². The molecule has 0 saturated heterocycles. The maximum atomic E-state index is 13.5. The van der Waals surface area contributed by atoms with Crippen LogP contribution in [0.1, 0.15) is 47.8 Å². The number of thiazole rings is 2. The summed E-state index contributed by atoms with van der Waals surface area (Å²) in [4.78, 5) is 9.31. The Morgan fingerprint density at radius 1 is 0.540 bits per heavy atom. The molecule has 16 nitrogen and oxygen atoms in total. The van der Waals surface area contributed by atoms with E-state index < -0.39 is 9.84 Å². The minimum absolute atomic E-state index is 0.118. The van der Waals surface area contributed by atoms with Crippen LogP contribution < -0.4 is 10.9 Å². The summed E-state index contributed by atoms with van der Waals surface area (Å²) < 4.78 is 30.8. The number of hydrogen-bond donors (Lipinski definition) is 2. The van der Waals surface area contributed by atoms with E-state index in [0.29, 0.717) is 43.0 Å². The lowest BCUT2D eigenvalue weighted by Gasteiger charge is -2.05. The summed E-state index contributed by atoms with van der Waals surface area (Å²) in [6, 6.07) is 32.3. The van der Waals surface area contributed by atoms with Gasteiger partial charge in [0.1, 0.15) is 0 Å². The van der Waals surface area contributed by atoms with Gasteiger partial charge in [0, 0.05) is 11.1 Å². The molecule has 0 atom stereocenters. The normalized spacial score (nSPS) is 12.5. The van der Waals surface area contributed by atoms with Gasteiger partial charge < -0.3 is 0 Å². The smallest absolute Gasteiger partial charge is 0.206 e. The molecule has 0 saturated carbocycles. The Morgan fingerprint density at radius 2 is 0.921 bits per heavy atom. The number of sulfone groups is 1. The van der Waals surface area contributed by atoms with Gasteiger partial charge in [0.25, 0.3) is 0 Å². The number of anilines is 2. The number of para-hydroxylation sites is 2. The standard InChI is InChI=1S/C44H40N14O2S3/c1-27(39-25-45-57(31(39)5)35-13-9-7-10-14-35)49-55-43-47-29(3)41(61-43)53-51-33-17-21-37(22-18-33)63(59,60)38-23-19-34(20-24-38)52-54-42-30(4)48-44(62-42)56-50-28(2)40-26-46-58(32(40)6)36-15-11-8-12-16-36/h7-26H,1-6H3,(H,47,55)(H,48,56)/b49-27+,50-28+,53-51?,54-52?. The number of aromatic nitrogens is 6. The van der Waals surface area contributed by atoms with Gasteiger partial charge in [-0.2, -0.15) is 20.4 Å². The van der Waals surface area contributed by atoms with Gasteiger partial charge in [0.15, 0.2) is 10.0 Å². The molecule has 0 aliphatic carbocycles.